The number of hydrogen-bond acceptors (Lipinski definition) is 4. The van der Waals surface area contributed by atoms with Crippen molar-refractivity contribution >= 4 is 24.4 Å². The Labute approximate surface area is 80.9 Å². The fourth-order valence-electron chi connectivity index (χ4n) is 0.652. The number of rotatable bonds is 6. The lowest BCUT2D eigenvalue weighted by Crippen LogP contribution is -2.14. The molecule has 0 aromatic rings. The zero-order valence-corrected chi connectivity index (χ0v) is 8.98. The smallest absolute Gasteiger partial charge is 0.306 e. The van der Waals surface area contributed by atoms with Gasteiger partial charge in [-0.1, -0.05) is 0 Å². The van der Waals surface area contributed by atoms with Gasteiger partial charge in [-0.3, -0.25) is 9.36 Å². The van der Waals surface area contributed by atoms with E-state index in [0.29, 0.717) is 0 Å². The maximum atomic E-state index is 13.0. The average molecular weight is 233 g/mol. The summed E-state index contributed by atoms with van der Waals surface area (Å²) in [6.45, 7) is 3.00. The molecule has 0 fully saturated rings. The molecule has 7 heteroatoms. The monoisotopic (exact) mass is 232 g/mol. The zero-order chi connectivity index (χ0) is 10.5. The van der Waals surface area contributed by atoms with Gasteiger partial charge in [-0.25, -0.2) is 4.39 Å². The summed E-state index contributed by atoms with van der Waals surface area (Å²) in [5.74, 6) is -2.41. The van der Waals surface area contributed by atoms with E-state index in [1.54, 1.807) is 0 Å². The van der Waals surface area contributed by atoms with E-state index in [9.17, 15) is 13.8 Å². The number of halogens is 2. The van der Waals surface area contributed by atoms with Gasteiger partial charge in [0.25, 0.3) is 11.2 Å². The van der Waals surface area contributed by atoms with E-state index in [4.69, 9.17) is 11.6 Å². The molecule has 0 bridgehead atoms. The lowest BCUT2D eigenvalue weighted by Gasteiger charge is -2.17. The molecule has 1 atom stereocenters. The molecule has 78 valence electrons. The van der Waals surface area contributed by atoms with E-state index in [-0.39, 0.29) is 13.2 Å². The fraction of sp³-hybridized carbons (Fsp3) is 0.833. The average Bonchev–Trinajstić information content (AvgIpc) is 2.03. The topological polar surface area (TPSA) is 52.6 Å². The highest BCUT2D eigenvalue weighted by atomic mass is 35.5. The largest absolute Gasteiger partial charge is 0.373 e. The van der Waals surface area contributed by atoms with Crippen molar-refractivity contribution in [1.29, 1.82) is 0 Å². The van der Waals surface area contributed by atoms with Crippen LogP contribution >= 0.6 is 19.2 Å². The molecule has 0 aromatic heterocycles. The summed E-state index contributed by atoms with van der Waals surface area (Å²) in [5.41, 5.74) is 0. The summed E-state index contributed by atoms with van der Waals surface area (Å²) in [6.07, 6.45) is 0. The second-order valence-electron chi connectivity index (χ2n) is 2.02. The Kier molecular flexibility index (Phi) is 5.72. The third-order valence-electron chi connectivity index (χ3n) is 1.08. The molecule has 0 radical (unpaired) electrons. The standard InChI is InChI=1S/C6H11ClFO4P/c1-3-11-13(10,12-4-2)6(8)5(7)9/h6H,3-4H2,1-2H3. The number of alkyl halides is 1. The summed E-state index contributed by atoms with van der Waals surface area (Å²) in [7, 11) is -4.01. The molecule has 0 spiro atoms. The summed E-state index contributed by atoms with van der Waals surface area (Å²) < 4.78 is 33.5. The molecular weight excluding hydrogens is 221 g/mol. The molecule has 0 saturated heterocycles. The van der Waals surface area contributed by atoms with Crippen LogP contribution in [0.15, 0.2) is 0 Å². The number of hydrogen-bond donors (Lipinski definition) is 0. The third kappa shape index (κ3) is 3.73. The van der Waals surface area contributed by atoms with Crippen molar-refractivity contribution in [3.63, 3.8) is 0 Å². The minimum atomic E-state index is -4.01. The highest BCUT2D eigenvalue weighted by Gasteiger charge is 2.40. The van der Waals surface area contributed by atoms with Gasteiger partial charge in [0.2, 0.25) is 0 Å². The molecule has 13 heavy (non-hydrogen) atoms. The van der Waals surface area contributed by atoms with Crippen LogP contribution in [0.5, 0.6) is 0 Å². The van der Waals surface area contributed by atoms with Gasteiger partial charge in [-0.05, 0) is 25.4 Å². The van der Waals surface area contributed by atoms with Crippen LogP contribution in [0.4, 0.5) is 4.39 Å². The van der Waals surface area contributed by atoms with Gasteiger partial charge >= 0.3 is 7.60 Å². The third-order valence-corrected chi connectivity index (χ3v) is 3.45. The van der Waals surface area contributed by atoms with Crippen molar-refractivity contribution in [2.24, 2.45) is 0 Å². The van der Waals surface area contributed by atoms with Crippen molar-refractivity contribution in [2.75, 3.05) is 13.2 Å². The quantitative estimate of drug-likeness (QED) is 0.521. The van der Waals surface area contributed by atoms with Crippen molar-refractivity contribution in [3.8, 4) is 0 Å². The van der Waals surface area contributed by atoms with Crippen molar-refractivity contribution in [3.05, 3.63) is 0 Å². The molecule has 4 nitrogen and oxygen atoms in total. The first-order valence-electron chi connectivity index (χ1n) is 3.70. The maximum Gasteiger partial charge on any atom is 0.373 e. The first-order valence-corrected chi connectivity index (χ1v) is 5.69. The lowest BCUT2D eigenvalue weighted by molar-refractivity contribution is -0.114. The summed E-state index contributed by atoms with van der Waals surface area (Å²) >= 11 is 4.84. The molecule has 0 aliphatic carbocycles. The van der Waals surface area contributed by atoms with E-state index >= 15 is 0 Å². The van der Waals surface area contributed by atoms with E-state index in [2.05, 4.69) is 9.05 Å². The molecule has 0 N–H and O–H groups in total. The van der Waals surface area contributed by atoms with Gasteiger partial charge in [0.15, 0.2) is 0 Å². The van der Waals surface area contributed by atoms with Crippen LogP contribution in [-0.4, -0.2) is 24.4 Å². The van der Waals surface area contributed by atoms with E-state index in [0.717, 1.165) is 0 Å². The summed E-state index contributed by atoms with van der Waals surface area (Å²) in [5, 5.41) is -1.37. The molecule has 0 amide bonds. The van der Waals surface area contributed by atoms with Crippen LogP contribution in [0.1, 0.15) is 13.8 Å². The van der Waals surface area contributed by atoms with Gasteiger partial charge in [-0.15, -0.1) is 0 Å². The van der Waals surface area contributed by atoms with Gasteiger partial charge in [0.05, 0.1) is 13.2 Å². The van der Waals surface area contributed by atoms with E-state index in [1.807, 2.05) is 0 Å². The fourth-order valence-corrected chi connectivity index (χ4v) is 2.32. The number of carbonyl (C=O) groups excluding carboxylic acids is 1. The van der Waals surface area contributed by atoms with Crippen LogP contribution in [0.2, 0.25) is 0 Å². The molecule has 0 saturated carbocycles. The molecule has 0 aromatic carbocycles. The predicted molar refractivity (Wildman–Crippen MR) is 46.6 cm³/mol. The highest BCUT2D eigenvalue weighted by Crippen LogP contribution is 2.54. The second-order valence-corrected chi connectivity index (χ2v) is 4.44. The van der Waals surface area contributed by atoms with Crippen molar-refractivity contribution in [1.82, 2.24) is 0 Å². The van der Waals surface area contributed by atoms with Gasteiger partial charge in [0, 0.05) is 0 Å². The normalized spacial score (nSPS) is 14.2. The SMILES string of the molecule is CCOP(=O)(OCC)C(F)C(=O)Cl. The molecule has 0 rings (SSSR count). The van der Waals surface area contributed by atoms with Gasteiger partial charge in [0.1, 0.15) is 0 Å². The van der Waals surface area contributed by atoms with Gasteiger partial charge < -0.3 is 9.05 Å². The van der Waals surface area contributed by atoms with Crippen molar-refractivity contribution in [2.45, 2.75) is 19.8 Å². The molecular formula is C6H11ClFO4P. The molecule has 1 unspecified atom stereocenters. The van der Waals surface area contributed by atoms with Crippen LogP contribution in [-0.2, 0) is 18.4 Å². The Balaban J connectivity index is 4.57. The van der Waals surface area contributed by atoms with Crippen LogP contribution in [0, 0.1) is 0 Å². The molecule has 0 heterocycles. The Morgan fingerprint density at radius 3 is 2.08 bits per heavy atom. The first kappa shape index (κ1) is 13.0. The minimum absolute atomic E-state index is 0.0120. The van der Waals surface area contributed by atoms with E-state index < -0.39 is 18.8 Å². The van der Waals surface area contributed by atoms with Gasteiger partial charge in [-0.2, -0.15) is 0 Å². The Hall–Kier alpha value is 0.0400. The molecule has 0 aliphatic rings. The Morgan fingerprint density at radius 1 is 1.46 bits per heavy atom. The zero-order valence-electron chi connectivity index (χ0n) is 7.33. The Morgan fingerprint density at radius 2 is 1.85 bits per heavy atom. The van der Waals surface area contributed by atoms with Crippen LogP contribution in [0.3, 0.4) is 0 Å². The minimum Gasteiger partial charge on any atom is -0.306 e. The van der Waals surface area contributed by atoms with Crippen LogP contribution in [0.25, 0.3) is 0 Å². The summed E-state index contributed by atoms with van der Waals surface area (Å²) in [4.78, 5) is 10.4. The van der Waals surface area contributed by atoms with Crippen molar-refractivity contribution < 1.29 is 22.8 Å². The van der Waals surface area contributed by atoms with E-state index in [1.165, 1.54) is 13.8 Å². The maximum absolute atomic E-state index is 13.0. The second kappa shape index (κ2) is 5.70. The number of carbonyl (C=O) groups is 1. The molecule has 0 aliphatic heterocycles. The Bertz CT molecular complexity index is 213. The lowest BCUT2D eigenvalue weighted by atomic mass is 10.9. The summed E-state index contributed by atoms with van der Waals surface area (Å²) in [6, 6.07) is 0. The highest BCUT2D eigenvalue weighted by molar-refractivity contribution is 7.56. The first-order chi connectivity index (χ1) is 5.98. The predicted octanol–water partition coefficient (Wildman–Crippen LogP) is 2.31. The van der Waals surface area contributed by atoms with Crippen LogP contribution < -0.4 is 0 Å².